The fraction of sp³-hybridized carbons (Fsp3) is 0.611. The fourth-order valence-electron chi connectivity index (χ4n) is 2.86. The lowest BCUT2D eigenvalue weighted by atomic mass is 9.91. The van der Waals surface area contributed by atoms with Gasteiger partial charge in [-0.25, -0.2) is 8.78 Å². The number of hydrogen-bond acceptors (Lipinski definition) is 4. The lowest BCUT2D eigenvalue weighted by Crippen LogP contribution is -2.40. The molecule has 1 aliphatic heterocycles. The van der Waals surface area contributed by atoms with Crippen molar-refractivity contribution >= 4 is 5.97 Å². The van der Waals surface area contributed by atoms with Gasteiger partial charge in [-0.05, 0) is 25.8 Å². The highest BCUT2D eigenvalue weighted by Crippen LogP contribution is 2.23. The van der Waals surface area contributed by atoms with Crippen molar-refractivity contribution in [1.82, 2.24) is 0 Å². The van der Waals surface area contributed by atoms with Crippen LogP contribution in [0.4, 0.5) is 8.78 Å². The average molecular weight is 342 g/mol. The van der Waals surface area contributed by atoms with E-state index in [1.54, 1.807) is 13.8 Å². The molecule has 0 aromatic heterocycles. The Labute approximate surface area is 141 Å². The molecule has 4 nitrogen and oxygen atoms in total. The minimum atomic E-state index is -2.57. The predicted molar refractivity (Wildman–Crippen MR) is 84.9 cm³/mol. The molecule has 0 unspecified atom stereocenters. The Morgan fingerprint density at radius 1 is 1.21 bits per heavy atom. The zero-order valence-corrected chi connectivity index (χ0v) is 14.0. The Morgan fingerprint density at radius 2 is 1.92 bits per heavy atom. The Hall–Kier alpha value is -1.53. The molecule has 1 heterocycles. The number of benzene rings is 1. The molecule has 0 amide bonds. The van der Waals surface area contributed by atoms with E-state index in [4.69, 9.17) is 14.2 Å². The number of rotatable bonds is 5. The highest BCUT2D eigenvalue weighted by atomic mass is 19.3. The second-order valence-corrected chi connectivity index (χ2v) is 6.22. The number of alkyl halides is 2. The molecule has 1 fully saturated rings. The molecule has 0 saturated carbocycles. The fourth-order valence-corrected chi connectivity index (χ4v) is 2.86. The van der Waals surface area contributed by atoms with Gasteiger partial charge in [0.2, 0.25) is 0 Å². The third-order valence-electron chi connectivity index (χ3n) is 4.09. The first-order valence-corrected chi connectivity index (χ1v) is 8.19. The van der Waals surface area contributed by atoms with Gasteiger partial charge in [0.25, 0.3) is 6.43 Å². The van der Waals surface area contributed by atoms with Crippen LogP contribution in [0, 0.1) is 11.8 Å². The van der Waals surface area contributed by atoms with E-state index in [-0.39, 0.29) is 12.5 Å². The molecular formula is C18H24F2O4. The van der Waals surface area contributed by atoms with Crippen LogP contribution in [0.5, 0.6) is 0 Å². The first-order valence-electron chi connectivity index (χ1n) is 8.19. The van der Waals surface area contributed by atoms with Crippen LogP contribution in [-0.2, 0) is 25.4 Å². The van der Waals surface area contributed by atoms with Crippen molar-refractivity contribution in [2.75, 3.05) is 19.8 Å². The Bertz CT molecular complexity index is 509. The standard InChI is InChI=1S/C18H24F2O4/c1-12-9-22-10-15(8-14-6-4-3-5-7-14)17(23-11-16(19)20)13(2)24-18(12)21/h3-7,12-13,15-17H,8-11H2,1-2H3/t12-,13-,15-,17-/m0/s1. The summed E-state index contributed by atoms with van der Waals surface area (Å²) in [6, 6.07) is 9.70. The number of ether oxygens (including phenoxy) is 3. The number of hydrogen-bond donors (Lipinski definition) is 0. The maximum atomic E-state index is 12.6. The van der Waals surface area contributed by atoms with Crippen LogP contribution in [0.1, 0.15) is 19.4 Å². The molecule has 0 bridgehead atoms. The number of cyclic esters (lactones) is 1. The van der Waals surface area contributed by atoms with Gasteiger partial charge in [-0.2, -0.15) is 0 Å². The minimum absolute atomic E-state index is 0.181. The summed E-state index contributed by atoms with van der Waals surface area (Å²) < 4.78 is 41.7. The molecule has 24 heavy (non-hydrogen) atoms. The summed E-state index contributed by atoms with van der Waals surface area (Å²) >= 11 is 0. The van der Waals surface area contributed by atoms with Crippen molar-refractivity contribution in [3.8, 4) is 0 Å². The Morgan fingerprint density at radius 3 is 2.58 bits per heavy atom. The smallest absolute Gasteiger partial charge is 0.311 e. The highest BCUT2D eigenvalue weighted by Gasteiger charge is 2.34. The number of esters is 1. The maximum Gasteiger partial charge on any atom is 0.311 e. The van der Waals surface area contributed by atoms with Gasteiger partial charge in [0.1, 0.15) is 12.7 Å². The quantitative estimate of drug-likeness (QED) is 0.772. The monoisotopic (exact) mass is 342 g/mol. The first kappa shape index (κ1) is 18.8. The van der Waals surface area contributed by atoms with Gasteiger partial charge in [-0.3, -0.25) is 4.79 Å². The average Bonchev–Trinajstić information content (AvgIpc) is 2.58. The predicted octanol–water partition coefficient (Wildman–Crippen LogP) is 3.09. The van der Waals surface area contributed by atoms with Crippen LogP contribution in [0.25, 0.3) is 0 Å². The zero-order valence-electron chi connectivity index (χ0n) is 14.0. The van der Waals surface area contributed by atoms with Gasteiger partial charge in [-0.1, -0.05) is 30.3 Å². The summed E-state index contributed by atoms with van der Waals surface area (Å²) in [7, 11) is 0. The molecule has 0 aliphatic carbocycles. The van der Waals surface area contributed by atoms with Crippen molar-refractivity contribution in [2.45, 2.75) is 38.9 Å². The summed E-state index contributed by atoms with van der Waals surface area (Å²) in [4.78, 5) is 12.0. The molecule has 4 atom stereocenters. The molecular weight excluding hydrogens is 318 g/mol. The van der Waals surface area contributed by atoms with E-state index in [2.05, 4.69) is 0 Å². The SMILES string of the molecule is C[C@@H]1OC(=O)[C@@H](C)COC[C@H](Cc2ccccc2)[C@H]1OCC(F)F. The van der Waals surface area contributed by atoms with Crippen molar-refractivity contribution in [3.05, 3.63) is 35.9 Å². The molecule has 134 valence electrons. The molecule has 1 aromatic rings. The van der Waals surface area contributed by atoms with E-state index in [1.807, 2.05) is 30.3 Å². The van der Waals surface area contributed by atoms with Crippen molar-refractivity contribution < 1.29 is 27.8 Å². The van der Waals surface area contributed by atoms with E-state index >= 15 is 0 Å². The normalized spacial score (nSPS) is 28.8. The molecule has 0 spiro atoms. The lowest BCUT2D eigenvalue weighted by molar-refractivity contribution is -0.164. The van der Waals surface area contributed by atoms with E-state index in [0.29, 0.717) is 13.0 Å². The topological polar surface area (TPSA) is 44.8 Å². The highest BCUT2D eigenvalue weighted by molar-refractivity contribution is 5.72. The van der Waals surface area contributed by atoms with Crippen LogP contribution in [0.3, 0.4) is 0 Å². The number of halogens is 2. The van der Waals surface area contributed by atoms with Crippen LogP contribution in [0.15, 0.2) is 30.3 Å². The van der Waals surface area contributed by atoms with Crippen molar-refractivity contribution in [2.24, 2.45) is 11.8 Å². The molecule has 1 saturated heterocycles. The van der Waals surface area contributed by atoms with E-state index in [0.717, 1.165) is 5.56 Å². The number of carbonyl (C=O) groups is 1. The van der Waals surface area contributed by atoms with Crippen LogP contribution in [-0.4, -0.2) is 44.4 Å². The van der Waals surface area contributed by atoms with E-state index < -0.39 is 37.1 Å². The lowest BCUT2D eigenvalue weighted by Gasteiger charge is -2.30. The van der Waals surface area contributed by atoms with E-state index in [9.17, 15) is 13.6 Å². The first-order chi connectivity index (χ1) is 11.5. The van der Waals surface area contributed by atoms with Crippen LogP contribution >= 0.6 is 0 Å². The van der Waals surface area contributed by atoms with Gasteiger partial charge < -0.3 is 14.2 Å². The summed E-state index contributed by atoms with van der Waals surface area (Å²) in [6.45, 7) is 3.30. The zero-order chi connectivity index (χ0) is 17.5. The summed E-state index contributed by atoms with van der Waals surface area (Å²) in [5, 5.41) is 0. The van der Waals surface area contributed by atoms with Gasteiger partial charge in [0.05, 0.1) is 25.2 Å². The number of carbonyl (C=O) groups excluding carboxylic acids is 1. The van der Waals surface area contributed by atoms with Gasteiger partial charge in [-0.15, -0.1) is 0 Å². The molecule has 0 radical (unpaired) electrons. The third kappa shape index (κ3) is 5.53. The summed E-state index contributed by atoms with van der Waals surface area (Å²) in [5.74, 6) is -0.966. The third-order valence-corrected chi connectivity index (χ3v) is 4.09. The molecule has 1 aromatic carbocycles. The molecule has 0 N–H and O–H groups in total. The second kappa shape index (κ2) is 9.08. The van der Waals surface area contributed by atoms with Gasteiger partial charge in [0, 0.05) is 5.92 Å². The van der Waals surface area contributed by atoms with Gasteiger partial charge in [0.15, 0.2) is 0 Å². The maximum absolute atomic E-state index is 12.6. The minimum Gasteiger partial charge on any atom is -0.460 e. The molecule has 6 heteroatoms. The molecule has 2 rings (SSSR count). The Balaban J connectivity index is 2.17. The summed E-state index contributed by atoms with van der Waals surface area (Å²) in [6.07, 6.45) is -3.23. The Kier molecular flexibility index (Phi) is 7.12. The summed E-state index contributed by atoms with van der Waals surface area (Å²) in [5.41, 5.74) is 1.06. The van der Waals surface area contributed by atoms with Crippen molar-refractivity contribution in [1.29, 1.82) is 0 Å². The second-order valence-electron chi connectivity index (χ2n) is 6.22. The van der Waals surface area contributed by atoms with E-state index in [1.165, 1.54) is 0 Å². The molecule has 1 aliphatic rings. The van der Waals surface area contributed by atoms with Gasteiger partial charge >= 0.3 is 5.97 Å². The van der Waals surface area contributed by atoms with Crippen LogP contribution < -0.4 is 0 Å². The largest absolute Gasteiger partial charge is 0.460 e. The van der Waals surface area contributed by atoms with Crippen molar-refractivity contribution in [3.63, 3.8) is 0 Å². The van der Waals surface area contributed by atoms with Crippen LogP contribution in [0.2, 0.25) is 0 Å².